The number of hydrogen-bond donors (Lipinski definition) is 0. The Morgan fingerprint density at radius 3 is 2.71 bits per heavy atom. The van der Waals surface area contributed by atoms with Gasteiger partial charge in [-0.2, -0.15) is 0 Å². The molecule has 3 heteroatoms. The molecule has 1 fully saturated rings. The summed E-state index contributed by atoms with van der Waals surface area (Å²) in [5.74, 6) is 0.401. The molecule has 88 valence electrons. The Morgan fingerprint density at radius 1 is 1.12 bits per heavy atom. The SMILES string of the molecule is O=C1OC(c2ccccc2)=NC2CCCCC12. The maximum Gasteiger partial charge on any atom is 0.317 e. The van der Waals surface area contributed by atoms with Gasteiger partial charge in [0.15, 0.2) is 0 Å². The smallest absolute Gasteiger partial charge is 0.317 e. The molecular weight excluding hydrogens is 214 g/mol. The number of hydrogen-bond acceptors (Lipinski definition) is 3. The third-order valence-corrected chi connectivity index (χ3v) is 3.53. The van der Waals surface area contributed by atoms with Crippen LogP contribution >= 0.6 is 0 Å². The second-order valence-corrected chi connectivity index (χ2v) is 4.68. The van der Waals surface area contributed by atoms with E-state index in [4.69, 9.17) is 4.74 Å². The minimum Gasteiger partial charge on any atom is -0.407 e. The van der Waals surface area contributed by atoms with Crippen molar-refractivity contribution in [3.05, 3.63) is 35.9 Å². The zero-order valence-corrected chi connectivity index (χ0v) is 9.63. The Kier molecular flexibility index (Phi) is 2.67. The van der Waals surface area contributed by atoms with E-state index < -0.39 is 0 Å². The third-order valence-electron chi connectivity index (χ3n) is 3.53. The Hall–Kier alpha value is -1.64. The van der Waals surface area contributed by atoms with Gasteiger partial charge >= 0.3 is 5.97 Å². The molecular formula is C14H15NO2. The lowest BCUT2D eigenvalue weighted by molar-refractivity contribution is -0.143. The lowest BCUT2D eigenvalue weighted by Crippen LogP contribution is -2.38. The molecule has 2 atom stereocenters. The molecule has 1 aliphatic heterocycles. The molecule has 0 N–H and O–H groups in total. The fourth-order valence-corrected chi connectivity index (χ4v) is 2.60. The normalized spacial score (nSPS) is 28.0. The number of ether oxygens (including phenoxy) is 1. The first-order valence-electron chi connectivity index (χ1n) is 6.19. The summed E-state index contributed by atoms with van der Waals surface area (Å²) >= 11 is 0. The maximum absolute atomic E-state index is 11.9. The largest absolute Gasteiger partial charge is 0.407 e. The topological polar surface area (TPSA) is 38.7 Å². The average molecular weight is 229 g/mol. The molecule has 1 aromatic rings. The van der Waals surface area contributed by atoms with E-state index in [1.54, 1.807) is 0 Å². The Bertz CT molecular complexity index is 453. The van der Waals surface area contributed by atoms with E-state index in [2.05, 4.69) is 4.99 Å². The van der Waals surface area contributed by atoms with Crippen LogP contribution < -0.4 is 0 Å². The summed E-state index contributed by atoms with van der Waals surface area (Å²) in [5, 5.41) is 0. The van der Waals surface area contributed by atoms with Crippen LogP contribution in [0.2, 0.25) is 0 Å². The summed E-state index contributed by atoms with van der Waals surface area (Å²) in [6.07, 6.45) is 4.22. The quantitative estimate of drug-likeness (QED) is 0.694. The van der Waals surface area contributed by atoms with Crippen molar-refractivity contribution in [3.63, 3.8) is 0 Å². The Balaban J connectivity index is 1.92. The maximum atomic E-state index is 11.9. The fourth-order valence-electron chi connectivity index (χ4n) is 2.60. The van der Waals surface area contributed by atoms with E-state index in [1.165, 1.54) is 6.42 Å². The highest BCUT2D eigenvalue weighted by Gasteiger charge is 2.36. The standard InChI is InChI=1S/C14H15NO2/c16-14-11-8-4-5-9-12(11)15-13(17-14)10-6-2-1-3-7-10/h1-3,6-7,11-12H,4-5,8-9H2. The van der Waals surface area contributed by atoms with E-state index in [0.717, 1.165) is 24.8 Å². The second-order valence-electron chi connectivity index (χ2n) is 4.68. The molecule has 3 nitrogen and oxygen atoms in total. The van der Waals surface area contributed by atoms with Crippen LogP contribution in [0.15, 0.2) is 35.3 Å². The molecule has 1 saturated carbocycles. The predicted molar refractivity (Wildman–Crippen MR) is 64.8 cm³/mol. The Labute approximate surface area is 101 Å². The molecule has 0 saturated heterocycles. The zero-order valence-electron chi connectivity index (χ0n) is 9.63. The molecule has 0 bridgehead atoms. The van der Waals surface area contributed by atoms with Crippen LogP contribution in [0, 0.1) is 5.92 Å². The predicted octanol–water partition coefficient (Wildman–Crippen LogP) is 2.55. The van der Waals surface area contributed by atoms with Gasteiger partial charge in [0, 0.05) is 5.56 Å². The van der Waals surface area contributed by atoms with Crippen molar-refractivity contribution in [2.75, 3.05) is 0 Å². The lowest BCUT2D eigenvalue weighted by Gasteiger charge is -2.31. The molecule has 0 amide bonds. The van der Waals surface area contributed by atoms with Crippen LogP contribution in [0.3, 0.4) is 0 Å². The van der Waals surface area contributed by atoms with Crippen LogP contribution in [0.4, 0.5) is 0 Å². The van der Waals surface area contributed by atoms with Gasteiger partial charge in [-0.25, -0.2) is 4.99 Å². The summed E-state index contributed by atoms with van der Waals surface area (Å²) in [5.41, 5.74) is 0.893. The molecule has 0 aromatic heterocycles. The van der Waals surface area contributed by atoms with Crippen LogP contribution in [-0.2, 0) is 9.53 Å². The number of nitrogens with zero attached hydrogens (tertiary/aromatic N) is 1. The van der Waals surface area contributed by atoms with Gasteiger partial charge in [-0.05, 0) is 25.0 Å². The number of rotatable bonds is 1. The number of carbonyl (C=O) groups excluding carboxylic acids is 1. The highest BCUT2D eigenvalue weighted by atomic mass is 16.5. The van der Waals surface area contributed by atoms with Crippen LogP contribution in [0.1, 0.15) is 31.2 Å². The lowest BCUT2D eigenvalue weighted by atomic mass is 9.84. The average Bonchev–Trinajstić information content (AvgIpc) is 2.40. The van der Waals surface area contributed by atoms with E-state index >= 15 is 0 Å². The highest BCUT2D eigenvalue weighted by Crippen LogP contribution is 2.31. The number of carbonyl (C=O) groups is 1. The first kappa shape index (κ1) is 10.5. The first-order valence-corrected chi connectivity index (χ1v) is 6.19. The van der Waals surface area contributed by atoms with Crippen molar-refractivity contribution >= 4 is 11.9 Å². The second kappa shape index (κ2) is 4.32. The van der Waals surface area contributed by atoms with Crippen molar-refractivity contribution in [1.29, 1.82) is 0 Å². The molecule has 1 aromatic carbocycles. The van der Waals surface area contributed by atoms with Crippen molar-refractivity contribution in [2.24, 2.45) is 10.9 Å². The van der Waals surface area contributed by atoms with Gasteiger partial charge in [-0.15, -0.1) is 0 Å². The van der Waals surface area contributed by atoms with Crippen LogP contribution in [-0.4, -0.2) is 17.9 Å². The van der Waals surface area contributed by atoms with Crippen molar-refractivity contribution in [1.82, 2.24) is 0 Å². The Morgan fingerprint density at radius 2 is 1.88 bits per heavy atom. The molecule has 2 aliphatic rings. The van der Waals surface area contributed by atoms with Gasteiger partial charge < -0.3 is 4.74 Å². The molecule has 1 heterocycles. The molecule has 0 spiro atoms. The highest BCUT2D eigenvalue weighted by molar-refractivity contribution is 6.02. The minimum atomic E-state index is -0.0939. The van der Waals surface area contributed by atoms with E-state index in [9.17, 15) is 4.79 Å². The molecule has 17 heavy (non-hydrogen) atoms. The van der Waals surface area contributed by atoms with Gasteiger partial charge in [-0.1, -0.05) is 31.0 Å². The minimum absolute atomic E-state index is 0.00351. The summed E-state index contributed by atoms with van der Waals surface area (Å²) < 4.78 is 5.35. The fraction of sp³-hybridized carbons (Fsp3) is 0.429. The third kappa shape index (κ3) is 1.97. The molecule has 0 radical (unpaired) electrons. The number of esters is 1. The number of fused-ring (bicyclic) bond motifs is 1. The van der Waals surface area contributed by atoms with Gasteiger partial charge in [-0.3, -0.25) is 4.79 Å². The summed E-state index contributed by atoms with van der Waals surface area (Å²) in [6, 6.07) is 9.79. The number of cyclic esters (lactones) is 1. The summed E-state index contributed by atoms with van der Waals surface area (Å²) in [6.45, 7) is 0. The van der Waals surface area contributed by atoms with Gasteiger partial charge in [0.25, 0.3) is 0 Å². The number of benzene rings is 1. The molecule has 1 aliphatic carbocycles. The van der Waals surface area contributed by atoms with Crippen molar-refractivity contribution in [2.45, 2.75) is 31.7 Å². The summed E-state index contributed by atoms with van der Waals surface area (Å²) in [7, 11) is 0. The molecule has 3 rings (SSSR count). The first-order chi connectivity index (χ1) is 8.34. The van der Waals surface area contributed by atoms with Gasteiger partial charge in [0.2, 0.25) is 5.90 Å². The number of aliphatic imine (C=N–C) groups is 1. The van der Waals surface area contributed by atoms with Crippen molar-refractivity contribution < 1.29 is 9.53 Å². The monoisotopic (exact) mass is 229 g/mol. The van der Waals surface area contributed by atoms with E-state index in [-0.39, 0.29) is 17.9 Å². The van der Waals surface area contributed by atoms with E-state index in [1.807, 2.05) is 30.3 Å². The van der Waals surface area contributed by atoms with Gasteiger partial charge in [0.05, 0.1) is 12.0 Å². The zero-order chi connectivity index (χ0) is 11.7. The van der Waals surface area contributed by atoms with Crippen LogP contribution in [0.5, 0.6) is 0 Å². The van der Waals surface area contributed by atoms with Crippen molar-refractivity contribution in [3.8, 4) is 0 Å². The van der Waals surface area contributed by atoms with Gasteiger partial charge in [0.1, 0.15) is 0 Å². The van der Waals surface area contributed by atoms with E-state index in [0.29, 0.717) is 5.90 Å². The van der Waals surface area contributed by atoms with Crippen LogP contribution in [0.25, 0.3) is 0 Å². The summed E-state index contributed by atoms with van der Waals surface area (Å²) in [4.78, 5) is 16.5. The molecule has 2 unspecified atom stereocenters.